The maximum atomic E-state index is 12.1. The first-order valence-corrected chi connectivity index (χ1v) is 7.81. The van der Waals surface area contributed by atoms with Crippen molar-refractivity contribution in [2.24, 2.45) is 5.73 Å². The molecular weight excluding hydrogens is 326 g/mol. The van der Waals surface area contributed by atoms with Crippen molar-refractivity contribution in [2.45, 2.75) is 0 Å². The zero-order valence-electron chi connectivity index (χ0n) is 13.7. The van der Waals surface area contributed by atoms with Crippen LogP contribution in [0.15, 0.2) is 24.3 Å². The average Bonchev–Trinajstić information content (AvgIpc) is 2.59. The van der Waals surface area contributed by atoms with E-state index in [1.165, 1.54) is 0 Å². The SMILES string of the molecule is N=C(N)c1ccc(C(=O)NCC(=O)N2CCN(CC(=O)O)CC2)cc1. The number of hydrogen-bond acceptors (Lipinski definition) is 5. The Morgan fingerprint density at radius 2 is 1.64 bits per heavy atom. The maximum Gasteiger partial charge on any atom is 0.317 e. The maximum absolute atomic E-state index is 12.1. The number of carbonyl (C=O) groups excluding carboxylic acids is 2. The topological polar surface area (TPSA) is 140 Å². The molecule has 2 amide bonds. The number of carbonyl (C=O) groups is 3. The first-order valence-electron chi connectivity index (χ1n) is 7.81. The van der Waals surface area contributed by atoms with Crippen LogP contribution in [-0.2, 0) is 9.59 Å². The zero-order chi connectivity index (χ0) is 18.4. The Morgan fingerprint density at radius 3 is 2.16 bits per heavy atom. The molecule has 0 atom stereocenters. The van der Waals surface area contributed by atoms with Crippen molar-refractivity contribution in [1.29, 1.82) is 5.41 Å². The van der Waals surface area contributed by atoms with Gasteiger partial charge in [-0.3, -0.25) is 24.7 Å². The number of nitrogens with zero attached hydrogens (tertiary/aromatic N) is 2. The number of aliphatic carboxylic acids is 1. The lowest BCUT2D eigenvalue weighted by Gasteiger charge is -2.33. The van der Waals surface area contributed by atoms with Crippen LogP contribution in [0.3, 0.4) is 0 Å². The fourth-order valence-corrected chi connectivity index (χ4v) is 2.52. The second kappa shape index (κ2) is 8.25. The molecule has 0 bridgehead atoms. The van der Waals surface area contributed by atoms with E-state index in [-0.39, 0.29) is 30.7 Å². The van der Waals surface area contributed by atoms with Gasteiger partial charge in [0.1, 0.15) is 5.84 Å². The fourth-order valence-electron chi connectivity index (χ4n) is 2.52. The number of nitrogens with one attached hydrogen (secondary N) is 2. The van der Waals surface area contributed by atoms with Gasteiger partial charge in [-0.25, -0.2) is 0 Å². The van der Waals surface area contributed by atoms with Gasteiger partial charge in [0.05, 0.1) is 13.1 Å². The summed E-state index contributed by atoms with van der Waals surface area (Å²) in [4.78, 5) is 38.2. The molecule has 1 aliphatic heterocycles. The van der Waals surface area contributed by atoms with E-state index in [0.29, 0.717) is 37.3 Å². The van der Waals surface area contributed by atoms with Crippen LogP contribution in [0, 0.1) is 5.41 Å². The molecule has 2 rings (SSSR count). The highest BCUT2D eigenvalue weighted by atomic mass is 16.4. The molecule has 0 unspecified atom stereocenters. The van der Waals surface area contributed by atoms with Gasteiger partial charge in [-0.05, 0) is 12.1 Å². The molecule has 1 aromatic carbocycles. The minimum Gasteiger partial charge on any atom is -0.480 e. The number of amidine groups is 1. The molecule has 0 radical (unpaired) electrons. The van der Waals surface area contributed by atoms with E-state index in [2.05, 4.69) is 5.32 Å². The highest BCUT2D eigenvalue weighted by Gasteiger charge is 2.22. The minimum atomic E-state index is -0.886. The number of amides is 2. The molecule has 9 nitrogen and oxygen atoms in total. The van der Waals surface area contributed by atoms with Crippen LogP contribution in [0.2, 0.25) is 0 Å². The predicted octanol–water partition coefficient (Wildman–Crippen LogP) is -1.07. The Kier molecular flexibility index (Phi) is 6.07. The number of carboxylic acid groups (broad SMARTS) is 1. The molecule has 0 aliphatic carbocycles. The number of nitrogens with two attached hydrogens (primary N) is 1. The van der Waals surface area contributed by atoms with Gasteiger partial charge in [0.2, 0.25) is 5.91 Å². The number of benzene rings is 1. The van der Waals surface area contributed by atoms with Crippen molar-refractivity contribution in [2.75, 3.05) is 39.3 Å². The van der Waals surface area contributed by atoms with E-state index in [4.69, 9.17) is 16.2 Å². The van der Waals surface area contributed by atoms with Crippen LogP contribution in [0.1, 0.15) is 15.9 Å². The molecular formula is C16H21N5O4. The van der Waals surface area contributed by atoms with Crippen molar-refractivity contribution in [3.8, 4) is 0 Å². The van der Waals surface area contributed by atoms with E-state index in [9.17, 15) is 14.4 Å². The smallest absolute Gasteiger partial charge is 0.317 e. The first kappa shape index (κ1) is 18.4. The average molecular weight is 347 g/mol. The lowest BCUT2D eigenvalue weighted by atomic mass is 10.1. The Bertz CT molecular complexity index is 666. The summed E-state index contributed by atoms with van der Waals surface area (Å²) >= 11 is 0. The van der Waals surface area contributed by atoms with Crippen LogP contribution in [0.4, 0.5) is 0 Å². The summed E-state index contributed by atoms with van der Waals surface area (Å²) in [6, 6.07) is 6.23. The molecule has 0 saturated carbocycles. The molecule has 1 heterocycles. The molecule has 1 fully saturated rings. The summed E-state index contributed by atoms with van der Waals surface area (Å²) in [5.41, 5.74) is 6.25. The summed E-state index contributed by atoms with van der Waals surface area (Å²) in [7, 11) is 0. The third-order valence-electron chi connectivity index (χ3n) is 3.94. The van der Waals surface area contributed by atoms with Gasteiger partial charge < -0.3 is 21.1 Å². The van der Waals surface area contributed by atoms with Crippen molar-refractivity contribution < 1.29 is 19.5 Å². The number of nitrogen functional groups attached to an aromatic ring is 1. The van der Waals surface area contributed by atoms with E-state index in [0.717, 1.165) is 0 Å². The monoisotopic (exact) mass is 347 g/mol. The van der Waals surface area contributed by atoms with Crippen LogP contribution in [0.25, 0.3) is 0 Å². The molecule has 5 N–H and O–H groups in total. The van der Waals surface area contributed by atoms with Crippen molar-refractivity contribution in [3.63, 3.8) is 0 Å². The molecule has 1 aliphatic rings. The lowest BCUT2D eigenvalue weighted by Crippen LogP contribution is -2.52. The highest BCUT2D eigenvalue weighted by Crippen LogP contribution is 2.05. The molecule has 1 aromatic rings. The third-order valence-corrected chi connectivity index (χ3v) is 3.94. The van der Waals surface area contributed by atoms with Crippen LogP contribution in [0.5, 0.6) is 0 Å². The second-order valence-corrected chi connectivity index (χ2v) is 5.72. The van der Waals surface area contributed by atoms with Gasteiger partial charge >= 0.3 is 5.97 Å². The van der Waals surface area contributed by atoms with Gasteiger partial charge in [-0.15, -0.1) is 0 Å². The largest absolute Gasteiger partial charge is 0.480 e. The van der Waals surface area contributed by atoms with Crippen molar-refractivity contribution in [1.82, 2.24) is 15.1 Å². The quantitative estimate of drug-likeness (QED) is 0.382. The number of rotatable bonds is 6. The number of hydrogen-bond donors (Lipinski definition) is 4. The highest BCUT2D eigenvalue weighted by molar-refractivity contribution is 5.99. The summed E-state index contributed by atoms with van der Waals surface area (Å²) in [6.45, 7) is 1.73. The lowest BCUT2D eigenvalue weighted by molar-refractivity contribution is -0.139. The number of piperazine rings is 1. The van der Waals surface area contributed by atoms with Crippen LogP contribution in [-0.4, -0.2) is 77.8 Å². The predicted molar refractivity (Wildman–Crippen MR) is 90.4 cm³/mol. The Morgan fingerprint density at radius 1 is 1.08 bits per heavy atom. The molecule has 25 heavy (non-hydrogen) atoms. The zero-order valence-corrected chi connectivity index (χ0v) is 13.7. The van der Waals surface area contributed by atoms with Crippen LogP contribution >= 0.6 is 0 Å². The summed E-state index contributed by atoms with van der Waals surface area (Å²) in [5, 5.41) is 18.6. The third kappa shape index (κ3) is 5.28. The van der Waals surface area contributed by atoms with Crippen LogP contribution < -0.4 is 11.1 Å². The van der Waals surface area contributed by atoms with E-state index in [1.807, 2.05) is 0 Å². The summed E-state index contributed by atoms with van der Waals surface area (Å²) in [5.74, 6) is -1.55. The second-order valence-electron chi connectivity index (χ2n) is 5.72. The first-order chi connectivity index (χ1) is 11.9. The van der Waals surface area contributed by atoms with Crippen molar-refractivity contribution >= 4 is 23.6 Å². The standard InChI is InChI=1S/C16H21N5O4/c17-15(18)11-1-3-12(4-2-11)16(25)19-9-13(22)21-7-5-20(6-8-21)10-14(23)24/h1-4H,5-10H2,(H3,17,18)(H,19,25)(H,23,24). The van der Waals surface area contributed by atoms with Gasteiger partial charge in [0.25, 0.3) is 5.91 Å². The summed E-state index contributed by atoms with van der Waals surface area (Å²) in [6.07, 6.45) is 0. The molecule has 9 heteroatoms. The normalized spacial score (nSPS) is 14.8. The fraction of sp³-hybridized carbons (Fsp3) is 0.375. The van der Waals surface area contributed by atoms with E-state index in [1.54, 1.807) is 34.1 Å². The van der Waals surface area contributed by atoms with Gasteiger partial charge in [-0.2, -0.15) is 0 Å². The van der Waals surface area contributed by atoms with E-state index < -0.39 is 5.97 Å². The van der Waals surface area contributed by atoms with Gasteiger partial charge in [0, 0.05) is 37.3 Å². The minimum absolute atomic E-state index is 0.0327. The molecule has 0 aromatic heterocycles. The Hall–Kier alpha value is -2.94. The summed E-state index contributed by atoms with van der Waals surface area (Å²) < 4.78 is 0. The van der Waals surface area contributed by atoms with Crippen molar-refractivity contribution in [3.05, 3.63) is 35.4 Å². The van der Waals surface area contributed by atoms with E-state index >= 15 is 0 Å². The molecule has 134 valence electrons. The Labute approximate surface area is 144 Å². The molecule has 1 saturated heterocycles. The number of carboxylic acids is 1. The molecule has 0 spiro atoms. The van der Waals surface area contributed by atoms with Gasteiger partial charge in [-0.1, -0.05) is 12.1 Å². The van der Waals surface area contributed by atoms with Gasteiger partial charge in [0.15, 0.2) is 0 Å². The Balaban J connectivity index is 1.79.